The summed E-state index contributed by atoms with van der Waals surface area (Å²) in [5, 5.41) is 0. The second-order valence-electron chi connectivity index (χ2n) is 10.2. The highest BCUT2D eigenvalue weighted by atomic mass is 15.4. The third kappa shape index (κ3) is 4.73. The van der Waals surface area contributed by atoms with Crippen molar-refractivity contribution in [3.05, 3.63) is 0 Å². The molecule has 3 heteroatoms. The molecule has 27 heavy (non-hydrogen) atoms. The summed E-state index contributed by atoms with van der Waals surface area (Å²) in [6, 6.07) is 0. The Hall–Kier alpha value is -0.120. The van der Waals surface area contributed by atoms with Gasteiger partial charge in [0.25, 0.3) is 0 Å². The van der Waals surface area contributed by atoms with Crippen molar-refractivity contribution in [1.29, 1.82) is 0 Å². The first-order valence-electron chi connectivity index (χ1n) is 12.2. The minimum atomic E-state index is 0.479. The molecule has 0 unspecified atom stereocenters. The summed E-state index contributed by atoms with van der Waals surface area (Å²) in [6.45, 7) is 20.4. The third-order valence-electron chi connectivity index (χ3n) is 8.84. The van der Waals surface area contributed by atoms with E-state index in [1.54, 1.807) is 0 Å². The van der Waals surface area contributed by atoms with Gasteiger partial charge in [-0.1, -0.05) is 27.7 Å². The Kier molecular flexibility index (Phi) is 6.97. The van der Waals surface area contributed by atoms with Crippen molar-refractivity contribution >= 4 is 0 Å². The number of likely N-dealkylation sites (N-methyl/N-ethyl adjacent to an activating group) is 1. The molecule has 158 valence electrons. The van der Waals surface area contributed by atoms with Gasteiger partial charge in [0.15, 0.2) is 0 Å². The molecule has 4 fully saturated rings. The fourth-order valence-corrected chi connectivity index (χ4v) is 5.94. The van der Waals surface area contributed by atoms with E-state index in [2.05, 4.69) is 35.5 Å². The zero-order chi connectivity index (χ0) is 19.5. The zero-order valence-corrected chi connectivity index (χ0v) is 19.2. The van der Waals surface area contributed by atoms with Crippen LogP contribution in [0.15, 0.2) is 0 Å². The van der Waals surface area contributed by atoms with Gasteiger partial charge in [0, 0.05) is 25.2 Å². The Morgan fingerprint density at radius 1 is 0.704 bits per heavy atom. The summed E-state index contributed by atoms with van der Waals surface area (Å²) in [6.07, 6.45) is 13.2. The summed E-state index contributed by atoms with van der Waals surface area (Å²) in [4.78, 5) is 8.22. The van der Waals surface area contributed by atoms with Gasteiger partial charge in [-0.2, -0.15) is 0 Å². The van der Waals surface area contributed by atoms with Crippen LogP contribution in [0.25, 0.3) is 0 Å². The van der Waals surface area contributed by atoms with Crippen LogP contribution in [0.3, 0.4) is 0 Å². The molecule has 0 radical (unpaired) electrons. The molecule has 2 heterocycles. The number of likely N-dealkylation sites (tertiary alicyclic amines) is 1. The van der Waals surface area contributed by atoms with Crippen LogP contribution in [0.4, 0.5) is 0 Å². The molecule has 0 aromatic rings. The fourth-order valence-electron chi connectivity index (χ4n) is 5.94. The van der Waals surface area contributed by atoms with E-state index in [4.69, 9.17) is 0 Å². The van der Waals surface area contributed by atoms with Gasteiger partial charge < -0.3 is 4.90 Å². The maximum Gasteiger partial charge on any atom is 0.0512 e. The summed E-state index contributed by atoms with van der Waals surface area (Å²) in [5.74, 6) is 0. The maximum atomic E-state index is 2.81. The van der Waals surface area contributed by atoms with Gasteiger partial charge >= 0.3 is 0 Å². The molecule has 4 aliphatic rings. The van der Waals surface area contributed by atoms with E-state index in [-0.39, 0.29) is 0 Å². The highest BCUT2D eigenvalue weighted by molar-refractivity contribution is 5.01. The van der Waals surface area contributed by atoms with Crippen molar-refractivity contribution in [3.63, 3.8) is 0 Å². The van der Waals surface area contributed by atoms with Crippen molar-refractivity contribution in [1.82, 2.24) is 14.7 Å². The van der Waals surface area contributed by atoms with Gasteiger partial charge in [0.2, 0.25) is 0 Å². The first kappa shape index (κ1) is 21.6. The normalized spacial score (nSPS) is 30.1. The summed E-state index contributed by atoms with van der Waals surface area (Å²) < 4.78 is 0. The summed E-state index contributed by atoms with van der Waals surface area (Å²) >= 11 is 0. The lowest BCUT2D eigenvalue weighted by Crippen LogP contribution is -2.52. The van der Waals surface area contributed by atoms with Crippen LogP contribution in [0.5, 0.6) is 0 Å². The van der Waals surface area contributed by atoms with Crippen LogP contribution in [0, 0.1) is 10.8 Å². The minimum absolute atomic E-state index is 0.479. The number of hydrogen-bond acceptors (Lipinski definition) is 3. The fraction of sp³-hybridized carbons (Fsp3) is 1.00. The van der Waals surface area contributed by atoms with Crippen molar-refractivity contribution in [2.75, 3.05) is 45.9 Å². The van der Waals surface area contributed by atoms with Crippen LogP contribution in [0.2, 0.25) is 0 Å². The predicted molar refractivity (Wildman–Crippen MR) is 117 cm³/mol. The topological polar surface area (TPSA) is 9.72 Å². The Balaban J connectivity index is 0.00000102. The molecule has 0 bridgehead atoms. The lowest BCUT2D eigenvalue weighted by Gasteiger charge is -2.52. The molecule has 2 saturated heterocycles. The first-order chi connectivity index (χ1) is 13.0. The highest BCUT2D eigenvalue weighted by Gasteiger charge is 2.47. The average molecular weight is 378 g/mol. The maximum absolute atomic E-state index is 2.81. The number of nitrogens with zero attached hydrogens (tertiary/aromatic N) is 3. The lowest BCUT2D eigenvalue weighted by molar-refractivity contribution is -0.00959. The number of rotatable bonds is 5. The molecular weight excluding hydrogens is 330 g/mol. The van der Waals surface area contributed by atoms with E-state index in [1.165, 1.54) is 104 Å². The predicted octanol–water partition coefficient (Wildman–Crippen LogP) is 5.21. The van der Waals surface area contributed by atoms with Gasteiger partial charge in [-0.25, -0.2) is 0 Å². The smallest absolute Gasteiger partial charge is 0.0512 e. The van der Waals surface area contributed by atoms with E-state index < -0.39 is 0 Å². The van der Waals surface area contributed by atoms with E-state index in [1.807, 2.05) is 13.8 Å². The van der Waals surface area contributed by atoms with Crippen LogP contribution < -0.4 is 0 Å². The van der Waals surface area contributed by atoms with Crippen molar-refractivity contribution in [2.45, 2.75) is 97.9 Å². The van der Waals surface area contributed by atoms with Crippen LogP contribution in [0.1, 0.15) is 92.4 Å². The standard InChI is InChI=1S/C22H41N3.C2H6/c1-4-21(10-11-21)18-24-14-12-22(13-15-24)8-6-20(3,7-9-22)25-17-16-23(5-2)19-25;1-2/h4-19H2,1-3H3;1-2H3. The van der Waals surface area contributed by atoms with E-state index in [0.29, 0.717) is 11.0 Å². The molecule has 0 atom stereocenters. The molecule has 0 aromatic heterocycles. The summed E-state index contributed by atoms with van der Waals surface area (Å²) in [7, 11) is 0. The molecule has 0 aromatic carbocycles. The average Bonchev–Trinajstić information content (AvgIpc) is 3.31. The van der Waals surface area contributed by atoms with Gasteiger partial charge in [-0.15, -0.1) is 0 Å². The number of piperidine rings is 1. The van der Waals surface area contributed by atoms with Gasteiger partial charge in [-0.05, 0) is 95.2 Å². The Morgan fingerprint density at radius 2 is 1.33 bits per heavy atom. The molecule has 1 spiro atoms. The van der Waals surface area contributed by atoms with Crippen molar-refractivity contribution in [2.24, 2.45) is 10.8 Å². The van der Waals surface area contributed by atoms with Gasteiger partial charge in [-0.3, -0.25) is 9.80 Å². The molecular formula is C24H47N3. The molecule has 2 aliphatic carbocycles. The molecule has 0 N–H and O–H groups in total. The Bertz CT molecular complexity index is 452. The second kappa shape index (κ2) is 8.71. The van der Waals surface area contributed by atoms with Crippen LogP contribution in [-0.4, -0.2) is 66.2 Å². The molecule has 3 nitrogen and oxygen atoms in total. The third-order valence-corrected chi connectivity index (χ3v) is 8.84. The Morgan fingerprint density at radius 3 is 1.81 bits per heavy atom. The van der Waals surface area contributed by atoms with Crippen molar-refractivity contribution < 1.29 is 0 Å². The lowest BCUT2D eigenvalue weighted by atomic mass is 9.63. The Labute approximate surface area is 169 Å². The molecule has 2 aliphatic heterocycles. The monoisotopic (exact) mass is 377 g/mol. The molecule has 0 amide bonds. The summed E-state index contributed by atoms with van der Waals surface area (Å²) in [5.41, 5.74) is 1.91. The van der Waals surface area contributed by atoms with Crippen LogP contribution in [-0.2, 0) is 0 Å². The molecule has 2 saturated carbocycles. The van der Waals surface area contributed by atoms with Gasteiger partial charge in [0.1, 0.15) is 0 Å². The van der Waals surface area contributed by atoms with Crippen LogP contribution >= 0.6 is 0 Å². The quantitative estimate of drug-likeness (QED) is 0.651. The first-order valence-corrected chi connectivity index (χ1v) is 12.2. The SMILES string of the molecule is CC.CCN1CCN(C2(C)CCC3(CCN(CC4(CC)CC4)CC3)CC2)C1. The van der Waals surface area contributed by atoms with E-state index in [9.17, 15) is 0 Å². The number of hydrogen-bond donors (Lipinski definition) is 0. The van der Waals surface area contributed by atoms with E-state index >= 15 is 0 Å². The van der Waals surface area contributed by atoms with E-state index in [0.717, 1.165) is 5.41 Å². The largest absolute Gasteiger partial charge is 0.303 e. The molecule has 4 rings (SSSR count). The minimum Gasteiger partial charge on any atom is -0.303 e. The second-order valence-corrected chi connectivity index (χ2v) is 10.2. The van der Waals surface area contributed by atoms with Gasteiger partial charge in [0.05, 0.1) is 6.67 Å². The van der Waals surface area contributed by atoms with Crippen molar-refractivity contribution in [3.8, 4) is 0 Å². The highest BCUT2D eigenvalue weighted by Crippen LogP contribution is 2.52. The zero-order valence-electron chi connectivity index (χ0n) is 19.2.